The smallest absolute Gasteiger partial charge is 0.316 e. The number of carbonyl (C=O) groups excluding carboxylic acids is 1. The van der Waals surface area contributed by atoms with E-state index in [-0.39, 0.29) is 18.5 Å². The van der Waals surface area contributed by atoms with Gasteiger partial charge in [-0.25, -0.2) is 9.97 Å². The molecule has 0 spiro atoms. The largest absolute Gasteiger partial charge is 0.495 e. The van der Waals surface area contributed by atoms with Crippen LogP contribution in [-0.2, 0) is 11.3 Å². The van der Waals surface area contributed by atoms with Gasteiger partial charge in [-0.15, -0.1) is 0 Å². The van der Waals surface area contributed by atoms with Crippen LogP contribution in [0.15, 0.2) is 30.6 Å². The first-order valence-electron chi connectivity index (χ1n) is 9.01. The molecule has 2 aromatic rings. The summed E-state index contributed by atoms with van der Waals surface area (Å²) in [7, 11) is 1.56. The Hall–Kier alpha value is -2.42. The number of morpholine rings is 1. The van der Waals surface area contributed by atoms with Crippen molar-refractivity contribution in [2.45, 2.75) is 6.61 Å². The van der Waals surface area contributed by atoms with Gasteiger partial charge in [0.2, 0.25) is 0 Å². The minimum Gasteiger partial charge on any atom is -0.495 e. The number of nitrogens with zero attached hydrogens (tertiary/aromatic N) is 3. The fourth-order valence-corrected chi connectivity index (χ4v) is 2.99. The maximum atomic E-state index is 12.2. The molecule has 150 valence electrons. The van der Waals surface area contributed by atoms with E-state index in [9.17, 15) is 4.79 Å². The first-order chi connectivity index (χ1) is 13.7. The van der Waals surface area contributed by atoms with Crippen molar-refractivity contribution in [2.75, 3.05) is 46.5 Å². The molecule has 2 heterocycles. The summed E-state index contributed by atoms with van der Waals surface area (Å²) < 4.78 is 16.0. The molecule has 1 N–H and O–H groups in total. The Labute approximate surface area is 168 Å². The lowest BCUT2D eigenvalue weighted by atomic mass is 10.2. The monoisotopic (exact) mass is 406 g/mol. The molecule has 8 nitrogen and oxygen atoms in total. The van der Waals surface area contributed by atoms with Crippen LogP contribution in [0.25, 0.3) is 0 Å². The lowest BCUT2D eigenvalue weighted by Gasteiger charge is -2.26. The Kier molecular flexibility index (Phi) is 7.41. The third-order valence-electron chi connectivity index (χ3n) is 4.29. The molecule has 0 atom stereocenters. The number of hydrogen-bond donors (Lipinski definition) is 1. The van der Waals surface area contributed by atoms with Crippen LogP contribution in [-0.4, -0.2) is 67.3 Å². The molecule has 0 radical (unpaired) electrons. The van der Waals surface area contributed by atoms with E-state index < -0.39 is 0 Å². The average Bonchev–Trinajstić information content (AvgIpc) is 2.73. The molecule has 0 bridgehead atoms. The summed E-state index contributed by atoms with van der Waals surface area (Å²) in [6.07, 6.45) is 2.90. The van der Waals surface area contributed by atoms with Crippen LogP contribution >= 0.6 is 11.6 Å². The van der Waals surface area contributed by atoms with Gasteiger partial charge >= 0.3 is 6.01 Å². The zero-order valence-electron chi connectivity index (χ0n) is 15.7. The van der Waals surface area contributed by atoms with Gasteiger partial charge in [0.05, 0.1) is 30.9 Å². The number of halogens is 1. The highest BCUT2D eigenvalue weighted by Crippen LogP contribution is 2.25. The van der Waals surface area contributed by atoms with E-state index in [0.29, 0.717) is 22.9 Å². The Morgan fingerprint density at radius 2 is 2.04 bits per heavy atom. The fourth-order valence-electron chi connectivity index (χ4n) is 2.71. The highest BCUT2D eigenvalue weighted by molar-refractivity contribution is 6.32. The number of nitrogens with one attached hydrogen (secondary N) is 1. The number of rotatable bonds is 8. The number of carbonyl (C=O) groups is 1. The Balaban J connectivity index is 1.44. The van der Waals surface area contributed by atoms with Gasteiger partial charge in [0.1, 0.15) is 12.4 Å². The number of benzene rings is 1. The molecule has 1 aromatic carbocycles. The standard InChI is InChI=1S/C19H23ClN4O4/c1-26-17-3-2-14(10-16(17)20)13-28-19-22-11-15(12-23-19)18(25)21-4-5-24-6-8-27-9-7-24/h2-3,10-12H,4-9,13H2,1H3,(H,21,25). The predicted molar refractivity (Wildman–Crippen MR) is 104 cm³/mol. The summed E-state index contributed by atoms with van der Waals surface area (Å²) in [6.45, 7) is 4.89. The van der Waals surface area contributed by atoms with Crippen molar-refractivity contribution in [3.05, 3.63) is 46.7 Å². The molecule has 1 aliphatic rings. The molecule has 1 aliphatic heterocycles. The van der Waals surface area contributed by atoms with E-state index in [4.69, 9.17) is 25.8 Å². The van der Waals surface area contributed by atoms with Crippen molar-refractivity contribution in [3.8, 4) is 11.8 Å². The summed E-state index contributed by atoms with van der Waals surface area (Å²) >= 11 is 6.09. The maximum absolute atomic E-state index is 12.2. The van der Waals surface area contributed by atoms with Crippen LogP contribution < -0.4 is 14.8 Å². The Morgan fingerprint density at radius 1 is 1.29 bits per heavy atom. The van der Waals surface area contributed by atoms with Crippen LogP contribution in [0, 0.1) is 0 Å². The summed E-state index contributed by atoms with van der Waals surface area (Å²) in [4.78, 5) is 22.6. The van der Waals surface area contributed by atoms with Crippen molar-refractivity contribution < 1.29 is 19.0 Å². The van der Waals surface area contributed by atoms with E-state index in [2.05, 4.69) is 20.2 Å². The first kappa shape index (κ1) is 20.3. The lowest BCUT2D eigenvalue weighted by Crippen LogP contribution is -2.41. The second-order valence-electron chi connectivity index (χ2n) is 6.22. The number of ether oxygens (including phenoxy) is 3. The van der Waals surface area contributed by atoms with Crippen LogP contribution in [0.4, 0.5) is 0 Å². The van der Waals surface area contributed by atoms with Crippen LogP contribution in [0.1, 0.15) is 15.9 Å². The third kappa shape index (κ3) is 5.79. The van der Waals surface area contributed by atoms with Gasteiger partial charge in [-0.3, -0.25) is 9.69 Å². The number of hydrogen-bond acceptors (Lipinski definition) is 7. The van der Waals surface area contributed by atoms with Gasteiger partial charge in [-0.1, -0.05) is 17.7 Å². The van der Waals surface area contributed by atoms with Gasteiger partial charge in [-0.2, -0.15) is 0 Å². The normalized spacial score (nSPS) is 14.5. The van der Waals surface area contributed by atoms with E-state index in [1.807, 2.05) is 6.07 Å². The molecule has 1 saturated heterocycles. The quantitative estimate of drug-likeness (QED) is 0.715. The highest BCUT2D eigenvalue weighted by atomic mass is 35.5. The van der Waals surface area contributed by atoms with Gasteiger partial charge in [0.15, 0.2) is 0 Å². The van der Waals surface area contributed by atoms with Gasteiger partial charge in [0.25, 0.3) is 5.91 Å². The molecule has 1 aromatic heterocycles. The lowest BCUT2D eigenvalue weighted by molar-refractivity contribution is 0.0383. The zero-order chi connectivity index (χ0) is 19.8. The molecule has 1 amide bonds. The highest BCUT2D eigenvalue weighted by Gasteiger charge is 2.12. The van der Waals surface area contributed by atoms with Crippen LogP contribution in [0.5, 0.6) is 11.8 Å². The second kappa shape index (κ2) is 10.2. The Bertz CT molecular complexity index is 782. The number of methoxy groups -OCH3 is 1. The molecule has 0 saturated carbocycles. The van der Waals surface area contributed by atoms with Crippen molar-refractivity contribution in [3.63, 3.8) is 0 Å². The van der Waals surface area contributed by atoms with Crippen LogP contribution in [0.2, 0.25) is 5.02 Å². The van der Waals surface area contributed by atoms with Crippen molar-refractivity contribution in [2.24, 2.45) is 0 Å². The van der Waals surface area contributed by atoms with E-state index >= 15 is 0 Å². The minimum atomic E-state index is -0.207. The van der Waals surface area contributed by atoms with Gasteiger partial charge in [0, 0.05) is 38.6 Å². The van der Waals surface area contributed by atoms with Crippen LogP contribution in [0.3, 0.4) is 0 Å². The molecule has 9 heteroatoms. The molecule has 28 heavy (non-hydrogen) atoms. The molecule has 0 unspecified atom stereocenters. The SMILES string of the molecule is COc1ccc(COc2ncc(C(=O)NCCN3CCOCC3)cn2)cc1Cl. The zero-order valence-corrected chi connectivity index (χ0v) is 16.4. The Morgan fingerprint density at radius 3 is 2.71 bits per heavy atom. The summed E-state index contributed by atoms with van der Waals surface area (Å²) in [5, 5.41) is 3.38. The van der Waals surface area contributed by atoms with Crippen molar-refractivity contribution >= 4 is 17.5 Å². The first-order valence-corrected chi connectivity index (χ1v) is 9.39. The number of aromatic nitrogens is 2. The average molecular weight is 407 g/mol. The second-order valence-corrected chi connectivity index (χ2v) is 6.63. The van der Waals surface area contributed by atoms with Gasteiger partial charge in [-0.05, 0) is 17.7 Å². The minimum absolute atomic E-state index is 0.191. The van der Waals surface area contributed by atoms with E-state index in [1.165, 1.54) is 12.4 Å². The van der Waals surface area contributed by atoms with Gasteiger partial charge < -0.3 is 19.5 Å². The fraction of sp³-hybridized carbons (Fsp3) is 0.421. The maximum Gasteiger partial charge on any atom is 0.316 e. The van der Waals surface area contributed by atoms with Crippen molar-refractivity contribution in [1.82, 2.24) is 20.2 Å². The van der Waals surface area contributed by atoms with E-state index in [1.54, 1.807) is 19.2 Å². The summed E-state index contributed by atoms with van der Waals surface area (Å²) in [5.74, 6) is 0.396. The number of amides is 1. The predicted octanol–water partition coefficient (Wildman–Crippen LogP) is 1.78. The molecular weight excluding hydrogens is 384 g/mol. The summed E-state index contributed by atoms with van der Waals surface area (Å²) in [5.41, 5.74) is 1.25. The molecule has 1 fully saturated rings. The van der Waals surface area contributed by atoms with E-state index in [0.717, 1.165) is 38.4 Å². The molecular formula is C19H23ClN4O4. The summed E-state index contributed by atoms with van der Waals surface area (Å²) in [6, 6.07) is 5.57. The molecule has 0 aliphatic carbocycles. The topological polar surface area (TPSA) is 85.8 Å². The third-order valence-corrected chi connectivity index (χ3v) is 4.59. The molecule has 3 rings (SSSR count). The van der Waals surface area contributed by atoms with Crippen molar-refractivity contribution in [1.29, 1.82) is 0 Å².